The van der Waals surface area contributed by atoms with Crippen LogP contribution in [0.2, 0.25) is 0 Å². The van der Waals surface area contributed by atoms with Crippen LogP contribution in [0.1, 0.15) is 18.9 Å². The fraction of sp³-hybridized carbons (Fsp3) is 0.364. The van der Waals surface area contributed by atoms with Crippen LogP contribution in [0.5, 0.6) is 0 Å². The van der Waals surface area contributed by atoms with Gasteiger partial charge in [0, 0.05) is 12.4 Å². The van der Waals surface area contributed by atoms with Crippen molar-refractivity contribution in [2.75, 3.05) is 5.75 Å². The summed E-state index contributed by atoms with van der Waals surface area (Å²) in [5, 5.41) is 10.3. The van der Waals surface area contributed by atoms with E-state index in [2.05, 4.69) is 0 Å². The molecule has 0 saturated heterocycles. The molecule has 88 valence electrons. The second kappa shape index (κ2) is 5.12. The van der Waals surface area contributed by atoms with Gasteiger partial charge in [0.2, 0.25) is 0 Å². The molecular weight excluding hydrogens is 228 g/mol. The van der Waals surface area contributed by atoms with Gasteiger partial charge in [-0.3, -0.25) is 0 Å². The van der Waals surface area contributed by atoms with Crippen molar-refractivity contribution in [2.45, 2.75) is 24.7 Å². The molecule has 1 rings (SSSR count). The van der Waals surface area contributed by atoms with E-state index in [1.54, 1.807) is 6.92 Å². The fourth-order valence-electron chi connectivity index (χ4n) is 1.37. The van der Waals surface area contributed by atoms with Crippen LogP contribution >= 0.6 is 0 Å². The summed E-state index contributed by atoms with van der Waals surface area (Å²) in [7, 11) is -3.22. The van der Waals surface area contributed by atoms with Gasteiger partial charge in [0.1, 0.15) is 0 Å². The molecule has 0 radical (unpaired) electrons. The lowest BCUT2D eigenvalue weighted by Crippen LogP contribution is -2.24. The second-order valence-corrected chi connectivity index (χ2v) is 5.62. The van der Waals surface area contributed by atoms with Gasteiger partial charge in [0.15, 0.2) is 9.84 Å². The highest BCUT2D eigenvalue weighted by molar-refractivity contribution is 7.91. The maximum Gasteiger partial charge on any atom is 0.178 e. The molecule has 5 heteroatoms. The number of benzene rings is 1. The molecule has 0 N–H and O–H groups in total. The van der Waals surface area contributed by atoms with Gasteiger partial charge in [-0.15, -0.1) is 0 Å². The molecule has 0 aliphatic heterocycles. The third-order valence-electron chi connectivity index (χ3n) is 2.10. The number of hydrogen-bond donors (Lipinski definition) is 0. The number of sulfone groups is 1. The monoisotopic (exact) mass is 241 g/mol. The first-order valence-corrected chi connectivity index (χ1v) is 6.62. The summed E-state index contributed by atoms with van der Waals surface area (Å²) in [6.07, 6.45) is 0.358. The second-order valence-electron chi connectivity index (χ2n) is 3.51. The lowest BCUT2D eigenvalue weighted by atomic mass is 10.2. The predicted octanol–water partition coefficient (Wildman–Crippen LogP) is 0.163. The largest absolute Gasteiger partial charge is 0.550 e. The van der Waals surface area contributed by atoms with Crippen LogP contribution in [0.15, 0.2) is 29.2 Å². The molecule has 1 aromatic rings. The summed E-state index contributed by atoms with van der Waals surface area (Å²) in [5.41, 5.74) is 0.537. The number of carbonyl (C=O) groups excluding carboxylic acids is 1. The zero-order chi connectivity index (χ0) is 12.2. The van der Waals surface area contributed by atoms with Crippen LogP contribution in [0.25, 0.3) is 0 Å². The van der Waals surface area contributed by atoms with E-state index < -0.39 is 15.8 Å². The quantitative estimate of drug-likeness (QED) is 0.736. The third-order valence-corrected chi connectivity index (χ3v) is 4.04. The molecule has 0 spiro atoms. The van der Waals surface area contributed by atoms with Gasteiger partial charge >= 0.3 is 0 Å². The van der Waals surface area contributed by atoms with Crippen LogP contribution in [-0.4, -0.2) is 20.1 Å². The molecule has 0 aromatic heterocycles. The Hall–Kier alpha value is -1.36. The zero-order valence-corrected chi connectivity index (χ0v) is 9.79. The van der Waals surface area contributed by atoms with Crippen LogP contribution in [0, 0.1) is 0 Å². The molecular formula is C11H13O4S-. The molecule has 0 unspecified atom stereocenters. The van der Waals surface area contributed by atoms with Crippen molar-refractivity contribution in [3.8, 4) is 0 Å². The Labute approximate surface area is 94.8 Å². The summed E-state index contributed by atoms with van der Waals surface area (Å²) >= 11 is 0. The third kappa shape index (κ3) is 3.34. The van der Waals surface area contributed by atoms with Crippen LogP contribution in [0.3, 0.4) is 0 Å². The van der Waals surface area contributed by atoms with Crippen LogP contribution in [0.4, 0.5) is 0 Å². The lowest BCUT2D eigenvalue weighted by Gasteiger charge is -2.05. The summed E-state index contributed by atoms with van der Waals surface area (Å²) in [6.45, 7) is 1.79. The van der Waals surface area contributed by atoms with Gasteiger partial charge in [0.25, 0.3) is 0 Å². The van der Waals surface area contributed by atoms with E-state index >= 15 is 0 Å². The maximum absolute atomic E-state index is 11.6. The minimum Gasteiger partial charge on any atom is -0.550 e. The topological polar surface area (TPSA) is 74.3 Å². The predicted molar refractivity (Wildman–Crippen MR) is 57.5 cm³/mol. The minimum atomic E-state index is -3.22. The molecule has 0 aliphatic rings. The van der Waals surface area contributed by atoms with Crippen molar-refractivity contribution >= 4 is 15.8 Å². The van der Waals surface area contributed by atoms with Crippen molar-refractivity contribution in [3.63, 3.8) is 0 Å². The average Bonchev–Trinajstić information content (AvgIpc) is 2.17. The first-order valence-electron chi connectivity index (χ1n) is 4.97. The van der Waals surface area contributed by atoms with Gasteiger partial charge in [-0.25, -0.2) is 8.42 Å². The smallest absolute Gasteiger partial charge is 0.178 e. The Kier molecular flexibility index (Phi) is 4.06. The first kappa shape index (κ1) is 12.7. The van der Waals surface area contributed by atoms with Gasteiger partial charge in [-0.2, -0.15) is 0 Å². The minimum absolute atomic E-state index is 0.104. The molecule has 0 amide bonds. The van der Waals surface area contributed by atoms with E-state index in [0.717, 1.165) is 0 Å². The van der Waals surface area contributed by atoms with E-state index in [1.807, 2.05) is 0 Å². The SMILES string of the molecule is CCCS(=O)(=O)c1ccc(CC(=O)[O-])cc1. The first-order chi connectivity index (χ1) is 7.45. The lowest BCUT2D eigenvalue weighted by molar-refractivity contribution is -0.304. The average molecular weight is 241 g/mol. The highest BCUT2D eigenvalue weighted by atomic mass is 32.2. The molecule has 4 nitrogen and oxygen atoms in total. The van der Waals surface area contributed by atoms with E-state index in [4.69, 9.17) is 0 Å². The fourth-order valence-corrected chi connectivity index (χ4v) is 2.69. The number of carboxylic acids is 1. The Bertz CT molecular complexity index is 459. The highest BCUT2D eigenvalue weighted by Gasteiger charge is 2.12. The van der Waals surface area contributed by atoms with Gasteiger partial charge < -0.3 is 9.90 Å². The summed E-state index contributed by atoms with van der Waals surface area (Å²) in [4.78, 5) is 10.6. The van der Waals surface area contributed by atoms with Crippen molar-refractivity contribution in [2.24, 2.45) is 0 Å². The number of carboxylic acid groups (broad SMARTS) is 1. The van der Waals surface area contributed by atoms with Crippen molar-refractivity contribution in [1.29, 1.82) is 0 Å². The molecule has 0 aliphatic carbocycles. The molecule has 1 aromatic carbocycles. The molecule has 0 fully saturated rings. The summed E-state index contributed by atoms with van der Waals surface area (Å²) < 4.78 is 23.3. The van der Waals surface area contributed by atoms with Gasteiger partial charge in [-0.1, -0.05) is 19.1 Å². The van der Waals surface area contributed by atoms with E-state index in [1.165, 1.54) is 24.3 Å². The standard InChI is InChI=1S/C11H14O4S/c1-2-7-16(14,15)10-5-3-9(4-6-10)8-11(12)13/h3-6H,2,7-8H2,1H3,(H,12,13)/p-1. The highest BCUT2D eigenvalue weighted by Crippen LogP contribution is 2.13. The molecule has 0 heterocycles. The van der Waals surface area contributed by atoms with Crippen LogP contribution in [-0.2, 0) is 21.1 Å². The molecule has 16 heavy (non-hydrogen) atoms. The Morgan fingerprint density at radius 2 is 1.81 bits per heavy atom. The molecule has 0 bridgehead atoms. The number of aliphatic carboxylic acids is 1. The number of rotatable bonds is 5. The maximum atomic E-state index is 11.6. The summed E-state index contributed by atoms with van der Waals surface area (Å²) in [5.74, 6) is -1.07. The van der Waals surface area contributed by atoms with Crippen LogP contribution < -0.4 is 5.11 Å². The van der Waals surface area contributed by atoms with Crippen molar-refractivity contribution in [1.82, 2.24) is 0 Å². The normalized spacial score (nSPS) is 11.3. The van der Waals surface area contributed by atoms with E-state index in [-0.39, 0.29) is 17.1 Å². The molecule has 0 saturated carbocycles. The van der Waals surface area contributed by atoms with Gasteiger partial charge in [-0.05, 0) is 24.1 Å². The zero-order valence-electron chi connectivity index (χ0n) is 8.97. The van der Waals surface area contributed by atoms with Crippen molar-refractivity contribution < 1.29 is 18.3 Å². The van der Waals surface area contributed by atoms with E-state index in [0.29, 0.717) is 12.0 Å². The summed E-state index contributed by atoms with van der Waals surface area (Å²) in [6, 6.07) is 5.86. The Morgan fingerprint density at radius 3 is 2.25 bits per heavy atom. The molecule has 0 atom stereocenters. The van der Waals surface area contributed by atoms with Gasteiger partial charge in [0.05, 0.1) is 10.6 Å². The Morgan fingerprint density at radius 1 is 1.25 bits per heavy atom. The van der Waals surface area contributed by atoms with Crippen molar-refractivity contribution in [3.05, 3.63) is 29.8 Å². The number of hydrogen-bond acceptors (Lipinski definition) is 4. The Balaban J connectivity index is 2.91. The number of carbonyl (C=O) groups is 1. The van der Waals surface area contributed by atoms with E-state index in [9.17, 15) is 18.3 Å².